The molecule has 276 valence electrons. The molecule has 2 heterocycles. The number of aryl methyl sites for hydroxylation is 1. The number of nitrogens with one attached hydrogen (secondary N) is 2. The van der Waals surface area contributed by atoms with Gasteiger partial charge in [-0.3, -0.25) is 9.52 Å². The van der Waals surface area contributed by atoms with E-state index in [1.807, 2.05) is 32.0 Å². The zero-order valence-corrected chi connectivity index (χ0v) is 31.7. The second kappa shape index (κ2) is 14.4. The van der Waals surface area contributed by atoms with Crippen molar-refractivity contribution in [1.82, 2.24) is 10.0 Å². The molecule has 10 nitrogen and oxygen atoms in total. The molecule has 7 rings (SSSR count). The van der Waals surface area contributed by atoms with Crippen molar-refractivity contribution in [2.24, 2.45) is 22.1 Å². The summed E-state index contributed by atoms with van der Waals surface area (Å²) in [6, 6.07) is 10.9. The third-order valence-corrected chi connectivity index (χ3v) is 14.2. The van der Waals surface area contributed by atoms with Gasteiger partial charge in [0.05, 0.1) is 29.8 Å². The standard InChI is InChI=1S/C39H51ClN4O6S/c1-25-7-5-9-34(48-3)31-13-10-28(31)21-44-23-39(16-6-8-26-17-29(40)12-14-32(26)39)24-50-35-15-11-27(18-33(35)44)36(45)42-51(47,22-25)43-37(46)41-30-19-38(2,20-30)49-4/h5,9,11-12,14-15,17-18,25,28,30-31,34H,6-8,10,13,16,19-24H2,1-4H3,(H2,41,42,43,45,46,47)/b9-5+/t25-,28-,30-,31+,34-,38+,39-,51-/m0/s1. The van der Waals surface area contributed by atoms with Gasteiger partial charge in [-0.15, -0.1) is 4.36 Å². The Bertz CT molecular complexity index is 1820. The molecule has 0 unspecified atom stereocenters. The number of carbonyl (C=O) groups is 2. The highest BCUT2D eigenvalue weighted by Crippen LogP contribution is 2.47. The smallest absolute Gasteiger partial charge is 0.327 e. The highest BCUT2D eigenvalue weighted by atomic mass is 35.5. The maximum Gasteiger partial charge on any atom is 0.327 e. The quantitative estimate of drug-likeness (QED) is 0.330. The lowest BCUT2D eigenvalue weighted by atomic mass is 9.68. The Balaban J connectivity index is 1.25. The van der Waals surface area contributed by atoms with E-state index in [-0.39, 0.29) is 34.8 Å². The number of urea groups is 1. The Kier molecular flexibility index (Phi) is 10.2. The molecule has 0 aromatic heterocycles. The average Bonchev–Trinajstić information content (AvgIpc) is 3.21. The van der Waals surface area contributed by atoms with Crippen molar-refractivity contribution >= 4 is 39.1 Å². The van der Waals surface area contributed by atoms with Gasteiger partial charge in [0.25, 0.3) is 5.91 Å². The lowest BCUT2D eigenvalue weighted by Gasteiger charge is -2.46. The molecular weight excluding hydrogens is 688 g/mol. The summed E-state index contributed by atoms with van der Waals surface area (Å²) in [4.78, 5) is 29.5. The Hall–Kier alpha value is -3.12. The first kappa shape index (κ1) is 36.2. The largest absolute Gasteiger partial charge is 0.490 e. The van der Waals surface area contributed by atoms with Gasteiger partial charge in [0.2, 0.25) is 0 Å². The molecule has 0 saturated heterocycles. The van der Waals surface area contributed by atoms with E-state index in [0.29, 0.717) is 49.0 Å². The summed E-state index contributed by atoms with van der Waals surface area (Å²) in [5.41, 5.74) is 3.13. The fourth-order valence-corrected chi connectivity index (χ4v) is 11.0. The van der Waals surface area contributed by atoms with E-state index in [2.05, 4.69) is 43.6 Å². The van der Waals surface area contributed by atoms with Crippen LogP contribution in [0.25, 0.3) is 0 Å². The summed E-state index contributed by atoms with van der Waals surface area (Å²) in [6.07, 6.45) is 11.2. The molecule has 2 N–H and O–H groups in total. The summed E-state index contributed by atoms with van der Waals surface area (Å²) < 4.78 is 39.6. The number of rotatable bonds is 4. The van der Waals surface area contributed by atoms with Crippen molar-refractivity contribution < 1.29 is 28.0 Å². The zero-order valence-electron chi connectivity index (χ0n) is 30.1. The first-order valence-electron chi connectivity index (χ1n) is 18.3. The minimum absolute atomic E-state index is 0.0206. The van der Waals surface area contributed by atoms with Crippen molar-refractivity contribution in [1.29, 1.82) is 0 Å². The van der Waals surface area contributed by atoms with E-state index < -0.39 is 21.9 Å². The van der Waals surface area contributed by atoms with Gasteiger partial charge in [-0.2, -0.15) is 0 Å². The number of halogens is 1. The van der Waals surface area contributed by atoms with Gasteiger partial charge >= 0.3 is 6.03 Å². The highest BCUT2D eigenvalue weighted by Gasteiger charge is 2.45. The van der Waals surface area contributed by atoms with Crippen LogP contribution >= 0.6 is 11.6 Å². The number of nitrogens with zero attached hydrogens (tertiary/aromatic N) is 2. The van der Waals surface area contributed by atoms with Crippen LogP contribution in [0.4, 0.5) is 10.5 Å². The number of hydrogen-bond donors (Lipinski definition) is 2. The first-order valence-corrected chi connectivity index (χ1v) is 20.4. The molecule has 3 aliphatic carbocycles. The topological polar surface area (TPSA) is 119 Å². The van der Waals surface area contributed by atoms with E-state index in [1.165, 1.54) is 11.1 Å². The highest BCUT2D eigenvalue weighted by molar-refractivity contribution is 7.92. The Morgan fingerprint density at radius 3 is 2.73 bits per heavy atom. The Labute approximate surface area is 307 Å². The van der Waals surface area contributed by atoms with Crippen LogP contribution in [0.1, 0.15) is 80.3 Å². The lowest BCUT2D eigenvalue weighted by molar-refractivity contribution is -0.0719. The van der Waals surface area contributed by atoms with Gasteiger partial charge in [-0.05, 0) is 118 Å². The van der Waals surface area contributed by atoms with E-state index in [0.717, 1.165) is 55.9 Å². The van der Waals surface area contributed by atoms with Gasteiger partial charge in [0, 0.05) is 49.4 Å². The van der Waals surface area contributed by atoms with Crippen LogP contribution in [-0.4, -0.2) is 73.6 Å². The summed E-state index contributed by atoms with van der Waals surface area (Å²) in [5.74, 6) is 0.702. The predicted octanol–water partition coefficient (Wildman–Crippen LogP) is 6.84. The van der Waals surface area contributed by atoms with Crippen LogP contribution < -0.4 is 19.7 Å². The second-order valence-corrected chi connectivity index (χ2v) is 18.2. The van der Waals surface area contributed by atoms with Crippen molar-refractivity contribution in [3.63, 3.8) is 0 Å². The SMILES string of the molecule is CO[C@H]1/C=C/C[C@H](C)C[S@@](=O)(NC(=O)N[C@H]2C[C@@](C)(OC)C2)=NC(=O)c2ccc3c(c2)N(C[C@@H]2CC[C@H]21)C[C@@]1(CCCc2cc(Cl)ccc21)CO3. The van der Waals surface area contributed by atoms with Crippen LogP contribution in [0.15, 0.2) is 52.9 Å². The summed E-state index contributed by atoms with van der Waals surface area (Å²) >= 11 is 6.46. The molecule has 3 amide bonds. The number of methoxy groups -OCH3 is 2. The lowest BCUT2D eigenvalue weighted by Crippen LogP contribution is -2.57. The number of ether oxygens (including phenoxy) is 3. The number of carbonyl (C=O) groups excluding carboxylic acids is 2. The molecule has 0 radical (unpaired) electrons. The molecule has 2 aromatic rings. The number of amides is 3. The molecule has 6 atom stereocenters. The number of anilines is 1. The first-order chi connectivity index (χ1) is 24.4. The molecular formula is C39H51ClN4O6S. The molecule has 12 heteroatoms. The number of fused-ring (bicyclic) bond motifs is 4. The fraction of sp³-hybridized carbons (Fsp3) is 0.590. The maximum absolute atomic E-state index is 14.5. The third-order valence-electron chi connectivity index (χ3n) is 12.0. The number of hydrogen-bond acceptors (Lipinski definition) is 7. The van der Waals surface area contributed by atoms with Crippen LogP contribution in [0.2, 0.25) is 5.02 Å². The van der Waals surface area contributed by atoms with E-state index >= 15 is 0 Å². The number of benzene rings is 2. The summed E-state index contributed by atoms with van der Waals surface area (Å²) in [7, 11) is -0.0719. The van der Waals surface area contributed by atoms with Gasteiger partial charge < -0.3 is 24.4 Å². The van der Waals surface area contributed by atoms with Gasteiger partial charge in [0.1, 0.15) is 15.7 Å². The van der Waals surface area contributed by atoms with Crippen molar-refractivity contribution in [2.75, 3.05) is 44.6 Å². The maximum atomic E-state index is 14.5. The van der Waals surface area contributed by atoms with Crippen LogP contribution in [0.5, 0.6) is 5.75 Å². The second-order valence-electron chi connectivity index (χ2n) is 15.8. The van der Waals surface area contributed by atoms with Crippen molar-refractivity contribution in [2.45, 2.75) is 88.4 Å². The van der Waals surface area contributed by atoms with Gasteiger partial charge in [0.15, 0.2) is 0 Å². The molecule has 51 heavy (non-hydrogen) atoms. The molecule has 5 aliphatic rings. The van der Waals surface area contributed by atoms with E-state index in [1.54, 1.807) is 20.3 Å². The molecule has 2 fully saturated rings. The van der Waals surface area contributed by atoms with Gasteiger partial charge in [-0.25, -0.2) is 9.00 Å². The Morgan fingerprint density at radius 2 is 1.98 bits per heavy atom. The van der Waals surface area contributed by atoms with E-state index in [4.69, 9.17) is 25.8 Å². The minimum Gasteiger partial charge on any atom is -0.490 e. The zero-order chi connectivity index (χ0) is 36.0. The average molecular weight is 739 g/mol. The fourth-order valence-electron chi connectivity index (χ4n) is 8.98. The van der Waals surface area contributed by atoms with Crippen LogP contribution in [0.3, 0.4) is 0 Å². The minimum atomic E-state index is -3.50. The molecule has 2 aromatic carbocycles. The monoisotopic (exact) mass is 738 g/mol. The summed E-state index contributed by atoms with van der Waals surface area (Å²) in [6.45, 7) is 5.97. The summed E-state index contributed by atoms with van der Waals surface area (Å²) in [5, 5.41) is 3.64. The van der Waals surface area contributed by atoms with Crippen LogP contribution in [-0.2, 0) is 31.2 Å². The molecule has 1 spiro atoms. The van der Waals surface area contributed by atoms with Crippen LogP contribution in [0, 0.1) is 17.8 Å². The normalized spacial score (nSPS) is 35.4. The van der Waals surface area contributed by atoms with Crippen molar-refractivity contribution in [3.8, 4) is 5.75 Å². The Morgan fingerprint density at radius 1 is 1.16 bits per heavy atom. The predicted molar refractivity (Wildman–Crippen MR) is 200 cm³/mol. The molecule has 2 saturated carbocycles. The van der Waals surface area contributed by atoms with Crippen molar-refractivity contribution in [3.05, 3.63) is 70.3 Å². The molecule has 2 aliphatic heterocycles. The molecule has 2 bridgehead atoms. The third kappa shape index (κ3) is 7.54. The number of allylic oxidation sites excluding steroid dienone is 1. The van der Waals surface area contributed by atoms with E-state index in [9.17, 15) is 13.8 Å². The van der Waals surface area contributed by atoms with Gasteiger partial charge in [-0.1, -0.05) is 36.7 Å².